The van der Waals surface area contributed by atoms with Crippen molar-refractivity contribution in [3.8, 4) is 5.88 Å². The van der Waals surface area contributed by atoms with Crippen LogP contribution in [0.15, 0.2) is 41.6 Å². The molecular weight excluding hydrogens is 246 g/mol. The molecule has 1 aliphatic heterocycles. The van der Waals surface area contributed by atoms with E-state index in [4.69, 9.17) is 9.15 Å². The Morgan fingerprint density at radius 1 is 1.47 bits per heavy atom. The van der Waals surface area contributed by atoms with E-state index in [0.717, 1.165) is 6.42 Å². The lowest BCUT2D eigenvalue weighted by Gasteiger charge is -2.15. The first-order valence-electron chi connectivity index (χ1n) is 6.07. The average Bonchev–Trinajstić information content (AvgIpc) is 3.10. The lowest BCUT2D eigenvalue weighted by Crippen LogP contribution is -2.30. The summed E-state index contributed by atoms with van der Waals surface area (Å²) in [5, 5.41) is 0. The van der Waals surface area contributed by atoms with Gasteiger partial charge in [-0.2, -0.15) is 0 Å². The van der Waals surface area contributed by atoms with E-state index in [1.54, 1.807) is 29.6 Å². The number of hydrogen-bond acceptors (Lipinski definition) is 5. The third-order valence-electron chi connectivity index (χ3n) is 3.03. The first-order valence-corrected chi connectivity index (χ1v) is 6.07. The number of ether oxygens (including phenoxy) is 1. The van der Waals surface area contributed by atoms with Crippen LogP contribution in [0.25, 0.3) is 0 Å². The number of carbonyl (C=O) groups is 1. The van der Waals surface area contributed by atoms with Gasteiger partial charge in [0.2, 0.25) is 5.88 Å². The van der Waals surface area contributed by atoms with Gasteiger partial charge in [-0.15, -0.1) is 0 Å². The third-order valence-corrected chi connectivity index (χ3v) is 3.03. The summed E-state index contributed by atoms with van der Waals surface area (Å²) in [7, 11) is 0. The molecule has 19 heavy (non-hydrogen) atoms. The maximum Gasteiger partial charge on any atom is 0.257 e. The van der Waals surface area contributed by atoms with Gasteiger partial charge in [0.05, 0.1) is 24.6 Å². The van der Waals surface area contributed by atoms with Crippen molar-refractivity contribution >= 4 is 5.91 Å². The van der Waals surface area contributed by atoms with Crippen molar-refractivity contribution in [2.45, 2.75) is 12.5 Å². The third kappa shape index (κ3) is 2.57. The van der Waals surface area contributed by atoms with Crippen molar-refractivity contribution in [3.63, 3.8) is 0 Å². The van der Waals surface area contributed by atoms with Gasteiger partial charge in [-0.25, -0.2) is 4.98 Å². The number of amides is 1. The number of hydrogen-bond donors (Lipinski definition) is 0. The van der Waals surface area contributed by atoms with Crippen LogP contribution in [0.2, 0.25) is 0 Å². The maximum absolute atomic E-state index is 12.1. The molecule has 0 bridgehead atoms. The predicted octanol–water partition coefficient (Wildman–Crippen LogP) is 1.36. The minimum absolute atomic E-state index is 0.0287. The predicted molar refractivity (Wildman–Crippen MR) is 65.7 cm³/mol. The van der Waals surface area contributed by atoms with Gasteiger partial charge in [-0.3, -0.25) is 9.78 Å². The normalized spacial score (nSPS) is 18.5. The Bertz CT molecular complexity index is 542. The largest absolute Gasteiger partial charge is 0.472 e. The summed E-state index contributed by atoms with van der Waals surface area (Å²) in [5.41, 5.74) is 0.570. The van der Waals surface area contributed by atoms with Gasteiger partial charge in [-0.1, -0.05) is 0 Å². The minimum atomic E-state index is -0.0347. The Morgan fingerprint density at radius 3 is 3.16 bits per heavy atom. The van der Waals surface area contributed by atoms with Gasteiger partial charge >= 0.3 is 0 Å². The van der Waals surface area contributed by atoms with Crippen LogP contribution < -0.4 is 4.74 Å². The molecule has 0 saturated carbocycles. The fraction of sp³-hybridized carbons (Fsp3) is 0.308. The fourth-order valence-electron chi connectivity index (χ4n) is 2.09. The monoisotopic (exact) mass is 259 g/mol. The molecule has 0 radical (unpaired) electrons. The molecule has 0 N–H and O–H groups in total. The summed E-state index contributed by atoms with van der Waals surface area (Å²) in [5.74, 6) is 0.462. The Balaban J connectivity index is 1.60. The zero-order chi connectivity index (χ0) is 13.1. The highest BCUT2D eigenvalue weighted by atomic mass is 16.5. The summed E-state index contributed by atoms with van der Waals surface area (Å²) in [6, 6.07) is 1.67. The minimum Gasteiger partial charge on any atom is -0.472 e. The van der Waals surface area contributed by atoms with Gasteiger partial charge in [0.25, 0.3) is 5.91 Å². The number of furan rings is 1. The number of rotatable bonds is 3. The zero-order valence-corrected chi connectivity index (χ0v) is 10.2. The summed E-state index contributed by atoms with van der Waals surface area (Å²) in [4.78, 5) is 21.8. The topological polar surface area (TPSA) is 68.5 Å². The maximum atomic E-state index is 12.1. The average molecular weight is 259 g/mol. The highest BCUT2D eigenvalue weighted by Gasteiger charge is 2.28. The van der Waals surface area contributed by atoms with Crippen LogP contribution in [0.1, 0.15) is 16.8 Å². The number of nitrogens with zero attached hydrogens (tertiary/aromatic N) is 3. The van der Waals surface area contributed by atoms with Crippen LogP contribution in [0.5, 0.6) is 5.88 Å². The van der Waals surface area contributed by atoms with Crippen molar-refractivity contribution < 1.29 is 13.9 Å². The van der Waals surface area contributed by atoms with Crippen molar-refractivity contribution in [2.75, 3.05) is 13.1 Å². The van der Waals surface area contributed by atoms with Crippen LogP contribution >= 0.6 is 0 Å². The molecule has 6 nitrogen and oxygen atoms in total. The molecule has 1 aliphatic rings. The van der Waals surface area contributed by atoms with E-state index in [9.17, 15) is 4.79 Å². The molecule has 0 spiro atoms. The van der Waals surface area contributed by atoms with E-state index in [1.807, 2.05) is 0 Å². The molecule has 3 heterocycles. The van der Waals surface area contributed by atoms with E-state index in [0.29, 0.717) is 24.5 Å². The Labute approximate surface area is 110 Å². The van der Waals surface area contributed by atoms with E-state index < -0.39 is 0 Å². The second kappa shape index (κ2) is 5.09. The van der Waals surface area contributed by atoms with E-state index in [-0.39, 0.29) is 12.0 Å². The molecule has 1 saturated heterocycles. The van der Waals surface area contributed by atoms with Crippen LogP contribution in [-0.2, 0) is 0 Å². The Morgan fingerprint density at radius 2 is 2.42 bits per heavy atom. The molecule has 2 aromatic rings. The molecule has 0 aliphatic carbocycles. The van der Waals surface area contributed by atoms with Gasteiger partial charge in [0, 0.05) is 25.4 Å². The van der Waals surface area contributed by atoms with E-state index in [2.05, 4.69) is 9.97 Å². The number of carbonyl (C=O) groups excluding carboxylic acids is 1. The van der Waals surface area contributed by atoms with Crippen LogP contribution in [0, 0.1) is 0 Å². The first kappa shape index (κ1) is 11.7. The van der Waals surface area contributed by atoms with Crippen LogP contribution in [-0.4, -0.2) is 40.0 Å². The summed E-state index contributed by atoms with van der Waals surface area (Å²) >= 11 is 0. The summed E-state index contributed by atoms with van der Waals surface area (Å²) in [6.07, 6.45) is 8.46. The van der Waals surface area contributed by atoms with Gasteiger partial charge < -0.3 is 14.1 Å². The molecule has 1 atom stereocenters. The number of likely N-dealkylation sites (tertiary alicyclic amines) is 1. The van der Waals surface area contributed by atoms with Crippen LogP contribution in [0.4, 0.5) is 0 Å². The molecule has 0 unspecified atom stereocenters. The standard InChI is InChI=1S/C13H13N3O3/c17-13(10-2-6-18-9-10)16-5-1-11(8-16)19-12-7-14-3-4-15-12/h2-4,6-7,9,11H,1,5,8H2/t11-/m1/s1. The molecule has 1 amide bonds. The zero-order valence-electron chi connectivity index (χ0n) is 10.2. The Hall–Kier alpha value is -2.37. The van der Waals surface area contributed by atoms with Crippen molar-refractivity contribution in [1.82, 2.24) is 14.9 Å². The van der Waals surface area contributed by atoms with Gasteiger partial charge in [0.15, 0.2) is 0 Å². The van der Waals surface area contributed by atoms with Gasteiger partial charge in [-0.05, 0) is 6.07 Å². The van der Waals surface area contributed by atoms with E-state index in [1.165, 1.54) is 12.5 Å². The number of aromatic nitrogens is 2. The molecule has 1 fully saturated rings. The molecule has 6 heteroatoms. The summed E-state index contributed by atoms with van der Waals surface area (Å²) in [6.45, 7) is 1.23. The second-order valence-electron chi connectivity index (χ2n) is 4.34. The molecule has 2 aromatic heterocycles. The van der Waals surface area contributed by atoms with Gasteiger partial charge in [0.1, 0.15) is 12.4 Å². The SMILES string of the molecule is O=C(c1ccoc1)N1CC[C@@H](Oc2cnccn2)C1. The van der Waals surface area contributed by atoms with Crippen molar-refractivity contribution in [2.24, 2.45) is 0 Å². The highest BCUT2D eigenvalue weighted by Crippen LogP contribution is 2.18. The first-order chi connectivity index (χ1) is 9.33. The molecular formula is C13H13N3O3. The lowest BCUT2D eigenvalue weighted by atomic mass is 10.3. The molecule has 0 aromatic carbocycles. The smallest absolute Gasteiger partial charge is 0.257 e. The quantitative estimate of drug-likeness (QED) is 0.832. The van der Waals surface area contributed by atoms with E-state index >= 15 is 0 Å². The molecule has 3 rings (SSSR count). The second-order valence-corrected chi connectivity index (χ2v) is 4.34. The highest BCUT2D eigenvalue weighted by molar-refractivity contribution is 5.94. The van der Waals surface area contributed by atoms with Crippen molar-refractivity contribution in [1.29, 1.82) is 0 Å². The fourth-order valence-corrected chi connectivity index (χ4v) is 2.09. The lowest BCUT2D eigenvalue weighted by molar-refractivity contribution is 0.0770. The summed E-state index contributed by atoms with van der Waals surface area (Å²) < 4.78 is 10.6. The molecule has 98 valence electrons. The Kier molecular flexibility index (Phi) is 3.14. The van der Waals surface area contributed by atoms with Crippen molar-refractivity contribution in [3.05, 3.63) is 42.7 Å². The van der Waals surface area contributed by atoms with Crippen LogP contribution in [0.3, 0.4) is 0 Å².